The second-order valence-corrected chi connectivity index (χ2v) is 5.18. The van der Waals surface area contributed by atoms with Gasteiger partial charge in [-0.1, -0.05) is 6.07 Å². The summed E-state index contributed by atoms with van der Waals surface area (Å²) in [6.45, 7) is 0.147. The molecule has 0 aliphatic carbocycles. The monoisotopic (exact) mass is 362 g/mol. The van der Waals surface area contributed by atoms with E-state index in [4.69, 9.17) is 4.52 Å². The van der Waals surface area contributed by atoms with E-state index in [2.05, 4.69) is 15.5 Å². The number of anilines is 1. The lowest BCUT2D eigenvalue weighted by Gasteiger charge is -2.03. The Labute approximate surface area is 144 Å². The molecule has 1 heterocycles. The summed E-state index contributed by atoms with van der Waals surface area (Å²) in [6.07, 6.45) is 0. The number of phenols is 3. The number of aromatic nitrogens is 2. The van der Waals surface area contributed by atoms with Gasteiger partial charge in [0.15, 0.2) is 17.3 Å². The first-order valence-corrected chi connectivity index (χ1v) is 7.11. The van der Waals surface area contributed by atoms with Gasteiger partial charge in [-0.3, -0.25) is 10.1 Å². The number of halogens is 1. The van der Waals surface area contributed by atoms with E-state index in [9.17, 15) is 29.8 Å². The Bertz CT molecular complexity index is 990. The van der Waals surface area contributed by atoms with Crippen molar-refractivity contribution in [3.05, 3.63) is 51.8 Å². The fraction of sp³-hybridized carbons (Fsp3) is 0.0667. The maximum atomic E-state index is 13.0. The highest BCUT2D eigenvalue weighted by Crippen LogP contribution is 2.39. The zero-order valence-electron chi connectivity index (χ0n) is 12.9. The summed E-state index contributed by atoms with van der Waals surface area (Å²) >= 11 is 0. The smallest absolute Gasteiger partial charge is 0.315 e. The minimum Gasteiger partial charge on any atom is -0.505 e. The number of benzene rings is 2. The molecule has 10 nitrogen and oxygen atoms in total. The molecular weight excluding hydrogens is 351 g/mol. The van der Waals surface area contributed by atoms with Crippen LogP contribution in [0.2, 0.25) is 0 Å². The van der Waals surface area contributed by atoms with Gasteiger partial charge in [0.05, 0.1) is 10.5 Å². The van der Waals surface area contributed by atoms with E-state index in [1.165, 1.54) is 12.1 Å². The molecule has 26 heavy (non-hydrogen) atoms. The van der Waals surface area contributed by atoms with Gasteiger partial charge in [0, 0.05) is 12.6 Å². The van der Waals surface area contributed by atoms with Gasteiger partial charge in [0.25, 0.3) is 11.8 Å². The first-order chi connectivity index (χ1) is 12.3. The van der Waals surface area contributed by atoms with Gasteiger partial charge in [0.2, 0.25) is 5.75 Å². The van der Waals surface area contributed by atoms with Crippen LogP contribution in [0.1, 0.15) is 5.56 Å². The molecule has 0 saturated heterocycles. The highest BCUT2D eigenvalue weighted by molar-refractivity contribution is 5.67. The zero-order valence-corrected chi connectivity index (χ0v) is 12.9. The van der Waals surface area contributed by atoms with E-state index in [1.807, 2.05) is 0 Å². The summed E-state index contributed by atoms with van der Waals surface area (Å²) in [5.74, 6) is -2.92. The van der Waals surface area contributed by atoms with Gasteiger partial charge in [-0.15, -0.1) is 0 Å². The van der Waals surface area contributed by atoms with Crippen LogP contribution in [0, 0.1) is 15.9 Å². The molecule has 0 unspecified atom stereocenters. The van der Waals surface area contributed by atoms with E-state index >= 15 is 0 Å². The highest BCUT2D eigenvalue weighted by atomic mass is 19.1. The maximum absolute atomic E-state index is 13.0. The number of nitro groups is 1. The number of rotatable bonds is 5. The lowest BCUT2D eigenvalue weighted by Crippen LogP contribution is -2.01. The predicted octanol–water partition coefficient (Wildman–Crippen LogP) is 2.51. The van der Waals surface area contributed by atoms with E-state index in [0.717, 1.165) is 18.2 Å². The Balaban J connectivity index is 1.79. The minimum absolute atomic E-state index is 0.0269. The standard InChI is InChI=1S/C15H11FN4O6/c16-9-2-1-7(3-11(9)21)6-17-15-18-14(26-19-15)8-4-10(20(24)25)13(23)12(22)5-8/h1-5,21-23H,6H2,(H,17,19). The largest absolute Gasteiger partial charge is 0.505 e. The molecule has 0 fully saturated rings. The van der Waals surface area contributed by atoms with Crippen molar-refractivity contribution < 1.29 is 29.2 Å². The number of nitro benzene ring substituents is 1. The fourth-order valence-corrected chi connectivity index (χ4v) is 2.13. The second-order valence-electron chi connectivity index (χ2n) is 5.18. The molecule has 0 aliphatic heterocycles. The molecule has 3 aromatic rings. The lowest BCUT2D eigenvalue weighted by atomic mass is 10.1. The van der Waals surface area contributed by atoms with Gasteiger partial charge in [0.1, 0.15) is 0 Å². The van der Waals surface area contributed by atoms with E-state index in [0.29, 0.717) is 5.56 Å². The summed E-state index contributed by atoms with van der Waals surface area (Å²) < 4.78 is 18.0. The van der Waals surface area contributed by atoms with Crippen molar-refractivity contribution in [3.63, 3.8) is 0 Å². The summed E-state index contributed by atoms with van der Waals surface area (Å²) in [5.41, 5.74) is -0.130. The Hall–Kier alpha value is -3.89. The molecule has 4 N–H and O–H groups in total. The Morgan fingerprint density at radius 1 is 1.19 bits per heavy atom. The number of nitrogens with one attached hydrogen (secondary N) is 1. The second kappa shape index (κ2) is 6.55. The molecule has 0 spiro atoms. The molecule has 0 atom stereocenters. The van der Waals surface area contributed by atoms with Gasteiger partial charge in [-0.2, -0.15) is 4.98 Å². The van der Waals surface area contributed by atoms with Gasteiger partial charge < -0.3 is 25.2 Å². The Morgan fingerprint density at radius 2 is 1.96 bits per heavy atom. The van der Waals surface area contributed by atoms with Gasteiger partial charge in [-0.25, -0.2) is 4.39 Å². The quantitative estimate of drug-likeness (QED) is 0.304. The molecule has 0 radical (unpaired) electrons. The molecule has 0 saturated carbocycles. The molecular formula is C15H11FN4O6. The molecule has 1 aromatic heterocycles. The Kier molecular flexibility index (Phi) is 4.27. The lowest BCUT2D eigenvalue weighted by molar-refractivity contribution is -0.385. The van der Waals surface area contributed by atoms with Crippen molar-refractivity contribution >= 4 is 11.6 Å². The number of hydrogen-bond acceptors (Lipinski definition) is 9. The van der Waals surface area contributed by atoms with Crippen molar-refractivity contribution in [1.29, 1.82) is 0 Å². The summed E-state index contributed by atoms with van der Waals surface area (Å²) in [4.78, 5) is 14.0. The summed E-state index contributed by atoms with van der Waals surface area (Å²) in [7, 11) is 0. The average molecular weight is 362 g/mol. The summed E-state index contributed by atoms with van der Waals surface area (Å²) in [5, 5.41) is 45.7. The third kappa shape index (κ3) is 3.31. The topological polar surface area (TPSA) is 155 Å². The third-order valence-electron chi connectivity index (χ3n) is 3.40. The summed E-state index contributed by atoms with van der Waals surface area (Å²) in [6, 6.07) is 5.80. The SMILES string of the molecule is O=[N+]([O-])c1cc(-c2nc(NCc3ccc(F)c(O)c3)no2)cc(O)c1O. The van der Waals surface area contributed by atoms with Gasteiger partial charge >= 0.3 is 5.69 Å². The first kappa shape index (κ1) is 17.0. The van der Waals surface area contributed by atoms with Crippen molar-refractivity contribution in [1.82, 2.24) is 10.1 Å². The van der Waals surface area contributed by atoms with Crippen molar-refractivity contribution in [2.75, 3.05) is 5.32 Å². The van der Waals surface area contributed by atoms with Crippen LogP contribution < -0.4 is 5.32 Å². The normalized spacial score (nSPS) is 10.7. The van der Waals surface area contributed by atoms with Crippen LogP contribution in [0.4, 0.5) is 16.0 Å². The highest BCUT2D eigenvalue weighted by Gasteiger charge is 2.22. The first-order valence-electron chi connectivity index (χ1n) is 7.11. The Morgan fingerprint density at radius 3 is 2.65 bits per heavy atom. The van der Waals surface area contributed by atoms with Gasteiger partial charge in [-0.05, 0) is 28.9 Å². The minimum atomic E-state index is -0.868. The number of hydrogen-bond donors (Lipinski definition) is 4. The van der Waals surface area contributed by atoms with Crippen LogP contribution in [0.15, 0.2) is 34.9 Å². The molecule has 0 aliphatic rings. The molecule has 2 aromatic carbocycles. The van der Waals surface area contributed by atoms with E-state index in [-0.39, 0.29) is 23.9 Å². The molecule has 3 rings (SSSR count). The average Bonchev–Trinajstić information content (AvgIpc) is 3.07. The van der Waals surface area contributed by atoms with Crippen molar-refractivity contribution in [3.8, 4) is 28.7 Å². The third-order valence-corrected chi connectivity index (χ3v) is 3.40. The molecule has 134 valence electrons. The van der Waals surface area contributed by atoms with Crippen LogP contribution in [-0.2, 0) is 6.54 Å². The van der Waals surface area contributed by atoms with Crippen molar-refractivity contribution in [2.24, 2.45) is 0 Å². The van der Waals surface area contributed by atoms with Crippen LogP contribution in [0.5, 0.6) is 17.2 Å². The van der Waals surface area contributed by atoms with Crippen LogP contribution in [0.25, 0.3) is 11.5 Å². The van der Waals surface area contributed by atoms with Crippen LogP contribution >= 0.6 is 0 Å². The van der Waals surface area contributed by atoms with Crippen molar-refractivity contribution in [2.45, 2.75) is 6.54 Å². The number of nitrogens with zero attached hydrogens (tertiary/aromatic N) is 3. The zero-order chi connectivity index (χ0) is 18.8. The van der Waals surface area contributed by atoms with Crippen LogP contribution in [0.3, 0.4) is 0 Å². The van der Waals surface area contributed by atoms with E-state index in [1.54, 1.807) is 0 Å². The van der Waals surface area contributed by atoms with E-state index < -0.39 is 33.7 Å². The predicted molar refractivity (Wildman–Crippen MR) is 85.1 cm³/mol. The molecule has 0 bridgehead atoms. The molecule has 11 heteroatoms. The number of aromatic hydroxyl groups is 3. The molecule has 0 amide bonds. The maximum Gasteiger partial charge on any atom is 0.315 e. The van der Waals surface area contributed by atoms with Crippen LogP contribution in [-0.4, -0.2) is 30.4 Å². The number of phenolic OH excluding ortho intramolecular Hbond substituents is 3. The fourth-order valence-electron chi connectivity index (χ4n) is 2.13.